The van der Waals surface area contributed by atoms with Crippen LogP contribution in [-0.4, -0.2) is 49.3 Å². The molecule has 0 aromatic carbocycles. The molecule has 0 bridgehead atoms. The summed E-state index contributed by atoms with van der Waals surface area (Å²) >= 11 is 0. The lowest BCUT2D eigenvalue weighted by Gasteiger charge is -2.16. The quantitative estimate of drug-likeness (QED) is 0.313. The van der Waals surface area contributed by atoms with E-state index >= 15 is 0 Å². The van der Waals surface area contributed by atoms with Crippen LogP contribution in [0, 0.1) is 0 Å². The molecule has 3 N–H and O–H groups in total. The molecule has 0 heterocycles. The first-order valence-electron chi connectivity index (χ1n) is 5.05. The van der Waals surface area contributed by atoms with E-state index in [1.807, 2.05) is 0 Å². The molecule has 108 valence electrons. The fourth-order valence-electron chi connectivity index (χ4n) is 1.07. The zero-order chi connectivity index (χ0) is 14.4. The van der Waals surface area contributed by atoms with Crippen LogP contribution in [0.3, 0.4) is 0 Å². The number of hydrogen-bond donors (Lipinski definition) is 2. The van der Waals surface area contributed by atoms with Gasteiger partial charge in [-0.1, -0.05) is 5.16 Å². The highest BCUT2D eigenvalue weighted by molar-refractivity contribution is 7.89. The SMILES string of the molecule is CN(CCC(N)=NO)S(=O)(=O)CCCC(F)(F)F. The molecule has 0 radical (unpaired) electrons. The van der Waals surface area contributed by atoms with Gasteiger partial charge in [0, 0.05) is 26.4 Å². The third-order valence-corrected chi connectivity index (χ3v) is 4.09. The van der Waals surface area contributed by atoms with Gasteiger partial charge in [-0.2, -0.15) is 13.2 Å². The molecule has 0 aromatic rings. The predicted molar refractivity (Wildman–Crippen MR) is 59.7 cm³/mol. The molecule has 18 heavy (non-hydrogen) atoms. The predicted octanol–water partition coefficient (Wildman–Crippen LogP) is 0.727. The molecule has 10 heteroatoms. The molecule has 0 fully saturated rings. The average molecular weight is 291 g/mol. The number of amidine groups is 1. The summed E-state index contributed by atoms with van der Waals surface area (Å²) in [6.07, 6.45) is -5.98. The van der Waals surface area contributed by atoms with Crippen LogP contribution in [0.25, 0.3) is 0 Å². The first kappa shape index (κ1) is 17.0. The van der Waals surface area contributed by atoms with Crippen molar-refractivity contribution in [2.24, 2.45) is 10.9 Å². The van der Waals surface area contributed by atoms with Gasteiger partial charge >= 0.3 is 6.18 Å². The minimum atomic E-state index is -4.36. The maximum absolute atomic E-state index is 11.9. The maximum atomic E-state index is 11.9. The van der Waals surface area contributed by atoms with Crippen molar-refractivity contribution in [1.82, 2.24) is 4.31 Å². The summed E-state index contributed by atoms with van der Waals surface area (Å²) in [5.74, 6) is -0.730. The lowest BCUT2D eigenvalue weighted by atomic mass is 10.3. The summed E-state index contributed by atoms with van der Waals surface area (Å²) in [6, 6.07) is 0. The van der Waals surface area contributed by atoms with Crippen LogP contribution in [-0.2, 0) is 10.0 Å². The largest absolute Gasteiger partial charge is 0.409 e. The second-order valence-corrected chi connectivity index (χ2v) is 5.89. The zero-order valence-corrected chi connectivity index (χ0v) is 10.6. The van der Waals surface area contributed by atoms with Crippen LogP contribution in [0.4, 0.5) is 13.2 Å². The minimum absolute atomic E-state index is 0.00546. The molecule has 0 saturated carbocycles. The third kappa shape index (κ3) is 7.33. The fourth-order valence-corrected chi connectivity index (χ4v) is 2.26. The van der Waals surface area contributed by atoms with E-state index in [0.29, 0.717) is 0 Å². The lowest BCUT2D eigenvalue weighted by molar-refractivity contribution is -0.134. The van der Waals surface area contributed by atoms with Gasteiger partial charge in [-0.05, 0) is 6.42 Å². The van der Waals surface area contributed by atoms with Gasteiger partial charge in [0.15, 0.2) is 0 Å². The monoisotopic (exact) mass is 291 g/mol. The molecule has 0 rings (SSSR count). The Bertz CT molecular complexity index is 381. The Hall–Kier alpha value is -1.03. The minimum Gasteiger partial charge on any atom is -0.409 e. The molecular weight excluding hydrogens is 275 g/mol. The fraction of sp³-hybridized carbons (Fsp3) is 0.875. The van der Waals surface area contributed by atoms with Gasteiger partial charge in [0.2, 0.25) is 10.0 Å². The zero-order valence-electron chi connectivity index (χ0n) is 9.81. The molecule has 6 nitrogen and oxygen atoms in total. The summed E-state index contributed by atoms with van der Waals surface area (Å²) in [5, 5.41) is 10.9. The number of nitrogens with two attached hydrogens (primary N) is 1. The molecular formula is C8H16F3N3O3S. The van der Waals surface area contributed by atoms with Crippen molar-refractivity contribution < 1.29 is 26.8 Å². The standard InChI is InChI=1S/C8H16F3N3O3S/c1-14(5-3-7(12)13-15)18(16,17)6-2-4-8(9,10)11/h15H,2-6H2,1H3,(H2,12,13). The topological polar surface area (TPSA) is 96.0 Å². The number of halogens is 3. The average Bonchev–Trinajstić information content (AvgIpc) is 2.22. The van der Waals surface area contributed by atoms with Gasteiger partial charge in [0.05, 0.1) is 5.75 Å². The maximum Gasteiger partial charge on any atom is 0.389 e. The highest BCUT2D eigenvalue weighted by Crippen LogP contribution is 2.21. The molecule has 0 atom stereocenters. The van der Waals surface area contributed by atoms with Gasteiger partial charge < -0.3 is 10.9 Å². The summed E-state index contributed by atoms with van der Waals surface area (Å²) < 4.78 is 59.5. The number of sulfonamides is 1. The van der Waals surface area contributed by atoms with E-state index in [-0.39, 0.29) is 18.8 Å². The van der Waals surface area contributed by atoms with E-state index in [4.69, 9.17) is 10.9 Å². The second kappa shape index (κ2) is 6.78. The third-order valence-electron chi connectivity index (χ3n) is 2.15. The van der Waals surface area contributed by atoms with Crippen molar-refractivity contribution in [3.05, 3.63) is 0 Å². The van der Waals surface area contributed by atoms with Crippen LogP contribution in [0.5, 0.6) is 0 Å². The van der Waals surface area contributed by atoms with Crippen LogP contribution in [0.15, 0.2) is 5.16 Å². The van der Waals surface area contributed by atoms with Crippen molar-refractivity contribution in [2.75, 3.05) is 19.3 Å². The summed E-state index contributed by atoms with van der Waals surface area (Å²) in [7, 11) is -2.52. The van der Waals surface area contributed by atoms with Crippen LogP contribution in [0.2, 0.25) is 0 Å². The van der Waals surface area contributed by atoms with Crippen molar-refractivity contribution >= 4 is 15.9 Å². The van der Waals surface area contributed by atoms with Crippen LogP contribution in [0.1, 0.15) is 19.3 Å². The van der Waals surface area contributed by atoms with Crippen LogP contribution >= 0.6 is 0 Å². The molecule has 0 aliphatic rings. The van der Waals surface area contributed by atoms with E-state index in [2.05, 4.69) is 5.16 Å². The number of alkyl halides is 3. The summed E-state index contributed by atoms with van der Waals surface area (Å²) in [5.41, 5.74) is 5.15. The molecule has 0 aliphatic heterocycles. The Kier molecular flexibility index (Phi) is 6.39. The van der Waals surface area contributed by atoms with Crippen molar-refractivity contribution in [2.45, 2.75) is 25.4 Å². The van der Waals surface area contributed by atoms with E-state index in [1.165, 1.54) is 7.05 Å². The van der Waals surface area contributed by atoms with Gasteiger partial charge in [0.1, 0.15) is 5.84 Å². The molecule has 0 amide bonds. The van der Waals surface area contributed by atoms with Gasteiger partial charge in [-0.3, -0.25) is 0 Å². The van der Waals surface area contributed by atoms with E-state index in [0.717, 1.165) is 4.31 Å². The Morgan fingerprint density at radius 3 is 2.44 bits per heavy atom. The molecule has 0 aromatic heterocycles. The molecule has 0 spiro atoms. The van der Waals surface area contributed by atoms with Crippen molar-refractivity contribution in [3.63, 3.8) is 0 Å². The second-order valence-electron chi connectivity index (χ2n) is 3.70. The molecule has 0 unspecified atom stereocenters. The number of rotatable bonds is 7. The first-order valence-corrected chi connectivity index (χ1v) is 6.66. The van der Waals surface area contributed by atoms with E-state index < -0.39 is 34.8 Å². The Balaban J connectivity index is 4.20. The smallest absolute Gasteiger partial charge is 0.389 e. The summed E-state index contributed by atoms with van der Waals surface area (Å²) in [6.45, 7) is -0.0513. The van der Waals surface area contributed by atoms with E-state index in [1.54, 1.807) is 0 Å². The van der Waals surface area contributed by atoms with Crippen molar-refractivity contribution in [3.8, 4) is 0 Å². The molecule has 0 aliphatic carbocycles. The number of hydrogen-bond acceptors (Lipinski definition) is 4. The highest BCUT2D eigenvalue weighted by Gasteiger charge is 2.28. The van der Waals surface area contributed by atoms with Gasteiger partial charge in [-0.25, -0.2) is 12.7 Å². The van der Waals surface area contributed by atoms with Gasteiger partial charge in [-0.15, -0.1) is 0 Å². The Labute approximate surface area is 103 Å². The van der Waals surface area contributed by atoms with E-state index in [9.17, 15) is 21.6 Å². The number of nitrogens with zero attached hydrogens (tertiary/aromatic N) is 2. The van der Waals surface area contributed by atoms with Crippen molar-refractivity contribution in [1.29, 1.82) is 0 Å². The Morgan fingerprint density at radius 1 is 1.44 bits per heavy atom. The number of oxime groups is 1. The lowest BCUT2D eigenvalue weighted by Crippen LogP contribution is -2.32. The first-order chi connectivity index (χ1) is 8.08. The highest BCUT2D eigenvalue weighted by atomic mass is 32.2. The Morgan fingerprint density at radius 2 is 2.00 bits per heavy atom. The summed E-state index contributed by atoms with van der Waals surface area (Å²) in [4.78, 5) is 0. The normalized spacial score (nSPS) is 14.2. The molecule has 0 saturated heterocycles. The van der Waals surface area contributed by atoms with Crippen LogP contribution < -0.4 is 5.73 Å². The van der Waals surface area contributed by atoms with Gasteiger partial charge in [0.25, 0.3) is 0 Å².